The summed E-state index contributed by atoms with van der Waals surface area (Å²) in [5.41, 5.74) is 2.65. The molecule has 2 aromatic rings. The topological polar surface area (TPSA) is 79.4 Å². The maximum absolute atomic E-state index is 12.4. The minimum Gasteiger partial charge on any atom is -0.343 e. The zero-order chi connectivity index (χ0) is 20.7. The van der Waals surface area contributed by atoms with Gasteiger partial charge in [0.1, 0.15) is 4.90 Å². The average molecular weight is 416 g/mol. The monoisotopic (exact) mass is 415 g/mol. The number of nitrogens with one attached hydrogen (secondary N) is 1. The molecule has 1 N–H and O–H groups in total. The Kier molecular flexibility index (Phi) is 7.39. The number of nitrogens with zero attached hydrogens (tertiary/aromatic N) is 2. The molecule has 2 heterocycles. The number of benzene rings is 1. The highest BCUT2D eigenvalue weighted by Crippen LogP contribution is 2.23. The SMILES string of the molecule is Cc1ccc(CCC2CCN(C(=O)CCNS(=O)(=O)c3cccnc3)CC2)cc1. The molecule has 29 heavy (non-hydrogen) atoms. The number of pyridine rings is 1. The molecule has 1 aromatic heterocycles. The van der Waals surface area contributed by atoms with Gasteiger partial charge in [0.2, 0.25) is 15.9 Å². The van der Waals surface area contributed by atoms with Crippen molar-refractivity contribution in [1.82, 2.24) is 14.6 Å². The van der Waals surface area contributed by atoms with Crippen molar-refractivity contribution in [3.63, 3.8) is 0 Å². The second kappa shape index (κ2) is 9.98. The van der Waals surface area contributed by atoms with E-state index >= 15 is 0 Å². The number of rotatable bonds is 8. The van der Waals surface area contributed by atoms with Crippen molar-refractivity contribution in [2.24, 2.45) is 5.92 Å². The first-order valence-corrected chi connectivity index (χ1v) is 11.7. The van der Waals surface area contributed by atoms with Crippen LogP contribution in [0.2, 0.25) is 0 Å². The van der Waals surface area contributed by atoms with Crippen LogP contribution in [0.1, 0.15) is 36.8 Å². The summed E-state index contributed by atoms with van der Waals surface area (Å²) in [5.74, 6) is 0.653. The lowest BCUT2D eigenvalue weighted by Crippen LogP contribution is -2.40. The highest BCUT2D eigenvalue weighted by Gasteiger charge is 2.23. The van der Waals surface area contributed by atoms with E-state index in [1.807, 2.05) is 4.90 Å². The predicted molar refractivity (Wildman–Crippen MR) is 113 cm³/mol. The molecule has 7 heteroatoms. The molecule has 1 saturated heterocycles. The van der Waals surface area contributed by atoms with Gasteiger partial charge in [-0.1, -0.05) is 29.8 Å². The van der Waals surface area contributed by atoms with Gasteiger partial charge >= 0.3 is 0 Å². The Labute approximate surface area is 173 Å². The average Bonchev–Trinajstić information content (AvgIpc) is 2.74. The highest BCUT2D eigenvalue weighted by atomic mass is 32.2. The Hall–Kier alpha value is -2.25. The number of sulfonamides is 1. The zero-order valence-electron chi connectivity index (χ0n) is 16.9. The van der Waals surface area contributed by atoms with E-state index in [-0.39, 0.29) is 23.8 Å². The van der Waals surface area contributed by atoms with E-state index in [1.165, 1.54) is 29.6 Å². The Bertz CT molecular complexity index is 891. The van der Waals surface area contributed by atoms with Crippen LogP contribution in [0.15, 0.2) is 53.7 Å². The summed E-state index contributed by atoms with van der Waals surface area (Å²) in [6.45, 7) is 3.71. The molecule has 0 unspecified atom stereocenters. The first-order chi connectivity index (χ1) is 13.9. The van der Waals surface area contributed by atoms with Crippen LogP contribution >= 0.6 is 0 Å². The van der Waals surface area contributed by atoms with Gasteiger partial charge in [0.05, 0.1) is 0 Å². The third-order valence-electron chi connectivity index (χ3n) is 5.50. The van der Waals surface area contributed by atoms with Crippen LogP contribution in [-0.4, -0.2) is 43.8 Å². The Morgan fingerprint density at radius 1 is 1.17 bits per heavy atom. The van der Waals surface area contributed by atoms with Crippen LogP contribution in [0.4, 0.5) is 0 Å². The summed E-state index contributed by atoms with van der Waals surface area (Å²) in [7, 11) is -3.62. The van der Waals surface area contributed by atoms with E-state index < -0.39 is 10.0 Å². The molecule has 0 spiro atoms. The zero-order valence-corrected chi connectivity index (χ0v) is 17.7. The van der Waals surface area contributed by atoms with Gasteiger partial charge in [-0.2, -0.15) is 0 Å². The van der Waals surface area contributed by atoms with Gasteiger partial charge in [-0.25, -0.2) is 13.1 Å². The molecular formula is C22H29N3O3S. The lowest BCUT2D eigenvalue weighted by molar-refractivity contribution is -0.132. The Morgan fingerprint density at radius 3 is 2.55 bits per heavy atom. The van der Waals surface area contributed by atoms with E-state index in [0.29, 0.717) is 5.92 Å². The number of hydrogen-bond acceptors (Lipinski definition) is 4. The van der Waals surface area contributed by atoms with Gasteiger partial charge in [0.25, 0.3) is 0 Å². The van der Waals surface area contributed by atoms with Gasteiger partial charge in [-0.3, -0.25) is 9.78 Å². The molecule has 1 aromatic carbocycles. The van der Waals surface area contributed by atoms with Crippen LogP contribution < -0.4 is 4.72 Å². The van der Waals surface area contributed by atoms with Gasteiger partial charge in [0.15, 0.2) is 0 Å². The summed E-state index contributed by atoms with van der Waals surface area (Å²) in [6.07, 6.45) is 7.25. The number of piperidine rings is 1. The van der Waals surface area contributed by atoms with Crippen LogP contribution in [-0.2, 0) is 21.2 Å². The van der Waals surface area contributed by atoms with Crippen LogP contribution in [0.3, 0.4) is 0 Å². The van der Waals surface area contributed by atoms with Crippen molar-refractivity contribution >= 4 is 15.9 Å². The molecule has 0 atom stereocenters. The van der Waals surface area contributed by atoms with Crippen molar-refractivity contribution in [2.45, 2.75) is 43.9 Å². The lowest BCUT2D eigenvalue weighted by atomic mass is 9.90. The van der Waals surface area contributed by atoms with Crippen molar-refractivity contribution < 1.29 is 13.2 Å². The summed E-state index contributed by atoms with van der Waals surface area (Å²) in [4.78, 5) is 18.2. The summed E-state index contributed by atoms with van der Waals surface area (Å²) in [5, 5.41) is 0. The van der Waals surface area contributed by atoms with E-state index in [2.05, 4.69) is 40.9 Å². The Morgan fingerprint density at radius 2 is 1.90 bits per heavy atom. The number of amides is 1. The molecule has 1 aliphatic heterocycles. The number of aryl methyl sites for hydroxylation is 2. The lowest BCUT2D eigenvalue weighted by Gasteiger charge is -2.32. The molecule has 1 fully saturated rings. The van der Waals surface area contributed by atoms with Crippen molar-refractivity contribution in [3.8, 4) is 0 Å². The van der Waals surface area contributed by atoms with Crippen molar-refractivity contribution in [3.05, 3.63) is 59.9 Å². The minimum atomic E-state index is -3.62. The summed E-state index contributed by atoms with van der Waals surface area (Å²) in [6, 6.07) is 11.8. The number of likely N-dealkylation sites (tertiary alicyclic amines) is 1. The molecule has 6 nitrogen and oxygen atoms in total. The van der Waals surface area contributed by atoms with E-state index in [9.17, 15) is 13.2 Å². The molecule has 3 rings (SSSR count). The first kappa shape index (κ1) is 21.5. The quantitative estimate of drug-likeness (QED) is 0.719. The fraction of sp³-hybridized carbons (Fsp3) is 0.455. The van der Waals surface area contributed by atoms with Gasteiger partial charge in [0, 0.05) is 38.4 Å². The smallest absolute Gasteiger partial charge is 0.242 e. The summed E-state index contributed by atoms with van der Waals surface area (Å²) >= 11 is 0. The van der Waals surface area contributed by atoms with Crippen LogP contribution in [0.25, 0.3) is 0 Å². The number of hydrogen-bond donors (Lipinski definition) is 1. The van der Waals surface area contributed by atoms with E-state index in [4.69, 9.17) is 0 Å². The molecule has 0 saturated carbocycles. The molecule has 1 aliphatic rings. The molecular weight excluding hydrogens is 386 g/mol. The largest absolute Gasteiger partial charge is 0.343 e. The Balaban J connectivity index is 1.37. The number of aromatic nitrogens is 1. The molecule has 0 aliphatic carbocycles. The molecule has 156 valence electrons. The third kappa shape index (κ3) is 6.37. The number of carbonyl (C=O) groups is 1. The maximum atomic E-state index is 12.4. The predicted octanol–water partition coefficient (Wildman–Crippen LogP) is 2.93. The van der Waals surface area contributed by atoms with Gasteiger partial charge in [-0.15, -0.1) is 0 Å². The second-order valence-electron chi connectivity index (χ2n) is 7.68. The van der Waals surface area contributed by atoms with Crippen LogP contribution in [0, 0.1) is 12.8 Å². The minimum absolute atomic E-state index is 0.0101. The standard InChI is InChI=1S/C22H29N3O3S/c1-18-4-6-19(7-5-18)8-9-20-11-15-25(16-12-20)22(26)10-14-24-29(27,28)21-3-2-13-23-17-21/h2-7,13,17,20,24H,8-12,14-16H2,1H3. The first-order valence-electron chi connectivity index (χ1n) is 10.2. The third-order valence-corrected chi connectivity index (χ3v) is 6.95. The second-order valence-corrected chi connectivity index (χ2v) is 9.45. The number of carbonyl (C=O) groups excluding carboxylic acids is 1. The van der Waals surface area contributed by atoms with Crippen molar-refractivity contribution in [2.75, 3.05) is 19.6 Å². The fourth-order valence-electron chi connectivity index (χ4n) is 3.64. The molecule has 0 radical (unpaired) electrons. The van der Waals surface area contributed by atoms with Gasteiger partial charge < -0.3 is 4.90 Å². The van der Waals surface area contributed by atoms with E-state index in [0.717, 1.165) is 38.8 Å². The van der Waals surface area contributed by atoms with Crippen molar-refractivity contribution in [1.29, 1.82) is 0 Å². The molecule has 1 amide bonds. The van der Waals surface area contributed by atoms with Gasteiger partial charge in [-0.05, 0) is 56.2 Å². The summed E-state index contributed by atoms with van der Waals surface area (Å²) < 4.78 is 26.8. The fourth-order valence-corrected chi connectivity index (χ4v) is 4.63. The maximum Gasteiger partial charge on any atom is 0.242 e. The normalized spacial score (nSPS) is 15.4. The highest BCUT2D eigenvalue weighted by molar-refractivity contribution is 7.89. The molecule has 0 bridgehead atoms. The van der Waals surface area contributed by atoms with Crippen LogP contribution in [0.5, 0.6) is 0 Å². The van der Waals surface area contributed by atoms with E-state index in [1.54, 1.807) is 6.07 Å².